The molecule has 7 nitrogen and oxygen atoms in total. The first-order chi connectivity index (χ1) is 17.0. The van der Waals surface area contributed by atoms with Gasteiger partial charge in [-0.25, -0.2) is 8.42 Å². The second kappa shape index (κ2) is 10.7. The van der Waals surface area contributed by atoms with Crippen molar-refractivity contribution in [1.82, 2.24) is 4.90 Å². The van der Waals surface area contributed by atoms with Crippen molar-refractivity contribution in [3.05, 3.63) is 69.7 Å². The molecule has 10 heteroatoms. The molecule has 1 saturated heterocycles. The fourth-order valence-electron chi connectivity index (χ4n) is 4.72. The number of nitrogens with zero attached hydrogens (tertiary/aromatic N) is 1. The first kappa shape index (κ1) is 26.9. The van der Waals surface area contributed by atoms with Crippen molar-refractivity contribution in [3.63, 3.8) is 0 Å². The van der Waals surface area contributed by atoms with E-state index in [2.05, 4.69) is 0 Å². The van der Waals surface area contributed by atoms with Crippen LogP contribution in [0, 0.1) is 5.92 Å². The smallest absolute Gasteiger partial charge is 0.306 e. The number of morpholine rings is 1. The Hall–Kier alpha value is -2.13. The number of carboxylic acid groups (broad SMARTS) is 1. The average molecular weight is 554 g/mol. The summed E-state index contributed by atoms with van der Waals surface area (Å²) in [6.45, 7) is 3.25. The van der Waals surface area contributed by atoms with Gasteiger partial charge in [-0.3, -0.25) is 9.59 Å². The van der Waals surface area contributed by atoms with Gasteiger partial charge in [0.2, 0.25) is 0 Å². The fourth-order valence-corrected chi connectivity index (χ4v) is 6.34. The lowest BCUT2D eigenvalue weighted by molar-refractivity contribution is -0.183. The van der Waals surface area contributed by atoms with Crippen LogP contribution in [0.5, 0.6) is 0 Å². The molecule has 2 aliphatic rings. The van der Waals surface area contributed by atoms with Crippen LogP contribution in [0.25, 0.3) is 0 Å². The molecular formula is C26H29Cl2NO6S. The van der Waals surface area contributed by atoms with E-state index in [0.29, 0.717) is 21.2 Å². The van der Waals surface area contributed by atoms with Crippen molar-refractivity contribution in [3.8, 4) is 0 Å². The minimum absolute atomic E-state index is 0.000801. The Balaban J connectivity index is 1.89. The van der Waals surface area contributed by atoms with Gasteiger partial charge in [0.1, 0.15) is 12.2 Å². The molecule has 4 unspecified atom stereocenters. The summed E-state index contributed by atoms with van der Waals surface area (Å²) >= 11 is 12.4. The Kier molecular flexibility index (Phi) is 8.00. The lowest BCUT2D eigenvalue weighted by Crippen LogP contribution is -2.57. The van der Waals surface area contributed by atoms with Gasteiger partial charge in [-0.15, -0.1) is 0 Å². The normalized spacial score (nSPS) is 23.6. The molecule has 1 saturated carbocycles. The summed E-state index contributed by atoms with van der Waals surface area (Å²) in [6, 6.07) is 12.7. The van der Waals surface area contributed by atoms with Gasteiger partial charge in [0.15, 0.2) is 9.84 Å². The van der Waals surface area contributed by atoms with Crippen LogP contribution in [0.15, 0.2) is 48.5 Å². The number of sulfone groups is 1. The molecule has 1 amide bonds. The topological polar surface area (TPSA) is 101 Å². The SMILES string of the molecule is CC(C)S(=O)(=O)CC(C1CC1)N1C(=O)C(CC(=O)O)OC(c2cccc(Cl)c2)C1c1ccc(Cl)cc1. The van der Waals surface area contributed by atoms with Crippen molar-refractivity contribution in [2.45, 2.75) is 62.7 Å². The maximum Gasteiger partial charge on any atom is 0.306 e. The molecule has 1 aliphatic carbocycles. The average Bonchev–Trinajstić information content (AvgIpc) is 3.64. The largest absolute Gasteiger partial charge is 0.481 e. The summed E-state index contributed by atoms with van der Waals surface area (Å²) in [6.07, 6.45) is -0.981. The van der Waals surface area contributed by atoms with Crippen molar-refractivity contribution in [2.24, 2.45) is 5.92 Å². The molecule has 0 spiro atoms. The van der Waals surface area contributed by atoms with E-state index < -0.39 is 57.7 Å². The third-order valence-electron chi connectivity index (χ3n) is 6.82. The number of benzene rings is 2. The van der Waals surface area contributed by atoms with E-state index in [1.54, 1.807) is 61.2 Å². The third-order valence-corrected chi connectivity index (χ3v) is 9.55. The van der Waals surface area contributed by atoms with Crippen LogP contribution in [0.3, 0.4) is 0 Å². The molecule has 2 fully saturated rings. The molecule has 4 atom stereocenters. The van der Waals surface area contributed by atoms with Crippen molar-refractivity contribution in [2.75, 3.05) is 5.75 Å². The van der Waals surface area contributed by atoms with Crippen LogP contribution in [0.2, 0.25) is 10.0 Å². The molecule has 1 aliphatic heterocycles. The molecule has 4 rings (SSSR count). The number of halogens is 2. The number of aliphatic carboxylic acids is 1. The standard InChI is InChI=1S/C26H29Cl2NO6S/c1-15(2)36(33,34)14-21(16-6-7-16)29-24(17-8-10-19(27)11-9-17)25(18-4-3-5-20(28)12-18)35-22(26(29)32)13-23(30)31/h3-5,8-12,15-16,21-22,24-25H,6-7,13-14H2,1-2H3,(H,30,31). The Morgan fingerprint density at radius 2 is 1.75 bits per heavy atom. The quantitative estimate of drug-likeness (QED) is 0.464. The monoisotopic (exact) mass is 553 g/mol. The minimum atomic E-state index is -3.51. The number of carbonyl (C=O) groups is 2. The molecule has 194 valence electrons. The molecule has 36 heavy (non-hydrogen) atoms. The maximum absolute atomic E-state index is 13.9. The number of hydrogen-bond acceptors (Lipinski definition) is 5. The van der Waals surface area contributed by atoms with Gasteiger partial charge in [0, 0.05) is 16.1 Å². The van der Waals surface area contributed by atoms with Gasteiger partial charge in [-0.05, 0) is 68.0 Å². The van der Waals surface area contributed by atoms with Crippen molar-refractivity contribution < 1.29 is 27.9 Å². The summed E-state index contributed by atoms with van der Waals surface area (Å²) in [4.78, 5) is 27.1. The second-order valence-corrected chi connectivity index (χ2v) is 13.2. The highest BCUT2D eigenvalue weighted by Crippen LogP contribution is 2.48. The van der Waals surface area contributed by atoms with Gasteiger partial charge in [0.05, 0.1) is 23.5 Å². The van der Waals surface area contributed by atoms with E-state index in [1.165, 1.54) is 0 Å². The van der Waals surface area contributed by atoms with Gasteiger partial charge >= 0.3 is 5.97 Å². The first-order valence-corrected chi connectivity index (χ1v) is 14.4. The van der Waals surface area contributed by atoms with E-state index in [1.807, 2.05) is 6.07 Å². The van der Waals surface area contributed by atoms with Gasteiger partial charge in [-0.1, -0.05) is 47.5 Å². The lowest BCUT2D eigenvalue weighted by atomic mass is 9.89. The fraction of sp³-hybridized carbons (Fsp3) is 0.462. The Morgan fingerprint density at radius 1 is 1.08 bits per heavy atom. The van der Waals surface area contributed by atoms with Crippen molar-refractivity contribution in [1.29, 1.82) is 0 Å². The zero-order valence-electron chi connectivity index (χ0n) is 20.0. The molecule has 2 aromatic rings. The second-order valence-electron chi connectivity index (χ2n) is 9.72. The van der Waals surface area contributed by atoms with E-state index in [4.69, 9.17) is 27.9 Å². The molecule has 1 N–H and O–H groups in total. The predicted molar refractivity (Wildman–Crippen MR) is 138 cm³/mol. The number of rotatable bonds is 9. The summed E-state index contributed by atoms with van der Waals surface area (Å²) in [5.74, 6) is -1.90. The third kappa shape index (κ3) is 5.88. The number of ether oxygens (including phenoxy) is 1. The lowest BCUT2D eigenvalue weighted by Gasteiger charge is -2.48. The van der Waals surface area contributed by atoms with E-state index in [9.17, 15) is 23.1 Å². The van der Waals surface area contributed by atoms with Crippen LogP contribution >= 0.6 is 23.2 Å². The molecule has 0 radical (unpaired) electrons. The highest BCUT2D eigenvalue weighted by atomic mass is 35.5. The zero-order valence-corrected chi connectivity index (χ0v) is 22.3. The predicted octanol–water partition coefficient (Wildman–Crippen LogP) is 5.08. The number of amides is 1. The Labute approximate surface area is 221 Å². The summed E-state index contributed by atoms with van der Waals surface area (Å²) < 4.78 is 32.3. The summed E-state index contributed by atoms with van der Waals surface area (Å²) in [5, 5.41) is 9.89. The first-order valence-electron chi connectivity index (χ1n) is 11.9. The van der Waals surface area contributed by atoms with Crippen LogP contribution in [-0.2, 0) is 24.2 Å². The zero-order chi connectivity index (χ0) is 26.2. The Bertz CT molecular complexity index is 1230. The minimum Gasteiger partial charge on any atom is -0.481 e. The molecular weight excluding hydrogens is 525 g/mol. The van der Waals surface area contributed by atoms with Crippen LogP contribution < -0.4 is 0 Å². The summed E-state index contributed by atoms with van der Waals surface area (Å²) in [5.41, 5.74) is 1.37. The summed E-state index contributed by atoms with van der Waals surface area (Å²) in [7, 11) is -3.51. The van der Waals surface area contributed by atoms with E-state index >= 15 is 0 Å². The van der Waals surface area contributed by atoms with Crippen LogP contribution in [0.4, 0.5) is 0 Å². The highest BCUT2D eigenvalue weighted by Gasteiger charge is 2.51. The maximum atomic E-state index is 13.9. The van der Waals surface area contributed by atoms with Crippen LogP contribution in [0.1, 0.15) is 56.4 Å². The highest BCUT2D eigenvalue weighted by molar-refractivity contribution is 7.92. The number of carbonyl (C=O) groups excluding carboxylic acids is 1. The van der Waals surface area contributed by atoms with Crippen LogP contribution in [-0.4, -0.2) is 53.4 Å². The Morgan fingerprint density at radius 3 is 2.31 bits per heavy atom. The molecule has 0 aromatic heterocycles. The molecule has 2 aromatic carbocycles. The van der Waals surface area contributed by atoms with Gasteiger partial charge in [0.25, 0.3) is 5.91 Å². The number of carboxylic acids is 1. The molecule has 0 bridgehead atoms. The van der Waals surface area contributed by atoms with E-state index in [0.717, 1.165) is 12.8 Å². The van der Waals surface area contributed by atoms with Crippen molar-refractivity contribution >= 4 is 44.9 Å². The molecule has 1 heterocycles. The van der Waals surface area contributed by atoms with E-state index in [-0.39, 0.29) is 11.7 Å². The van der Waals surface area contributed by atoms with Gasteiger partial charge < -0.3 is 14.7 Å². The number of hydrogen-bond donors (Lipinski definition) is 1. The van der Waals surface area contributed by atoms with Gasteiger partial charge in [-0.2, -0.15) is 0 Å².